The number of carbonyl (C=O) groups is 1. The number of ether oxygens (including phenoxy) is 1. The largest absolute Gasteiger partial charge is 0.481 e. The van der Waals surface area contributed by atoms with Crippen LogP contribution in [-0.2, 0) is 4.79 Å². The second-order valence-electron chi connectivity index (χ2n) is 4.74. The number of nitro benzene ring substituents is 1. The molecule has 0 bridgehead atoms. The standard InChI is InChI=1S/C15H13FN2O5/c16-10-2-4-11(5-3-10)23-14-6-1-9(7-13(14)18(21)22)12(17)8-15(19)20/h1-7,12H,8,17H2,(H,19,20). The summed E-state index contributed by atoms with van der Waals surface area (Å²) in [6.45, 7) is 0. The summed E-state index contributed by atoms with van der Waals surface area (Å²) in [5, 5.41) is 19.9. The van der Waals surface area contributed by atoms with Crippen LogP contribution in [-0.4, -0.2) is 16.0 Å². The predicted octanol–water partition coefficient (Wildman–Crippen LogP) is 3.00. The van der Waals surface area contributed by atoms with E-state index in [1.807, 2.05) is 0 Å². The highest BCUT2D eigenvalue weighted by molar-refractivity contribution is 5.68. The first-order valence-corrected chi connectivity index (χ1v) is 6.56. The van der Waals surface area contributed by atoms with Crippen LogP contribution in [0.3, 0.4) is 0 Å². The molecule has 2 aromatic rings. The Morgan fingerprint density at radius 1 is 1.30 bits per heavy atom. The zero-order valence-corrected chi connectivity index (χ0v) is 11.8. The molecule has 1 unspecified atom stereocenters. The number of benzene rings is 2. The van der Waals surface area contributed by atoms with E-state index in [1.165, 1.54) is 30.3 Å². The van der Waals surface area contributed by atoms with Crippen molar-refractivity contribution in [3.8, 4) is 11.5 Å². The maximum Gasteiger partial charge on any atom is 0.311 e. The van der Waals surface area contributed by atoms with Crippen LogP contribution in [0.4, 0.5) is 10.1 Å². The van der Waals surface area contributed by atoms with E-state index in [9.17, 15) is 19.3 Å². The highest BCUT2D eigenvalue weighted by atomic mass is 19.1. The van der Waals surface area contributed by atoms with E-state index in [0.29, 0.717) is 5.56 Å². The van der Waals surface area contributed by atoms with Crippen LogP contribution in [0.1, 0.15) is 18.0 Å². The van der Waals surface area contributed by atoms with Crippen LogP contribution in [0, 0.1) is 15.9 Å². The molecule has 3 N–H and O–H groups in total. The number of aliphatic carboxylic acids is 1. The third-order valence-corrected chi connectivity index (χ3v) is 3.04. The molecule has 0 heterocycles. The summed E-state index contributed by atoms with van der Waals surface area (Å²) in [5.41, 5.74) is 5.66. The second-order valence-corrected chi connectivity index (χ2v) is 4.74. The van der Waals surface area contributed by atoms with Crippen molar-refractivity contribution >= 4 is 11.7 Å². The summed E-state index contributed by atoms with van der Waals surface area (Å²) >= 11 is 0. The molecule has 0 aliphatic rings. The SMILES string of the molecule is NC(CC(=O)O)c1ccc(Oc2ccc(F)cc2)c([N+](=O)[O-])c1. The lowest BCUT2D eigenvalue weighted by molar-refractivity contribution is -0.385. The molecule has 0 aliphatic carbocycles. The maximum atomic E-state index is 12.9. The van der Waals surface area contributed by atoms with E-state index in [0.717, 1.165) is 12.1 Å². The van der Waals surface area contributed by atoms with Gasteiger partial charge in [0, 0.05) is 12.1 Å². The summed E-state index contributed by atoms with van der Waals surface area (Å²) in [5.74, 6) is -1.38. The Morgan fingerprint density at radius 2 is 1.96 bits per heavy atom. The van der Waals surface area contributed by atoms with Crippen LogP contribution >= 0.6 is 0 Å². The van der Waals surface area contributed by atoms with E-state index >= 15 is 0 Å². The van der Waals surface area contributed by atoms with Crippen LogP contribution < -0.4 is 10.5 Å². The van der Waals surface area contributed by atoms with Gasteiger partial charge in [-0.15, -0.1) is 0 Å². The second kappa shape index (κ2) is 6.84. The summed E-state index contributed by atoms with van der Waals surface area (Å²) in [6, 6.07) is 8.10. The molecule has 8 heteroatoms. The Balaban J connectivity index is 2.31. The first kappa shape index (κ1) is 16.4. The van der Waals surface area contributed by atoms with Crippen molar-refractivity contribution in [2.45, 2.75) is 12.5 Å². The number of hydrogen-bond acceptors (Lipinski definition) is 5. The van der Waals surface area contributed by atoms with E-state index < -0.39 is 22.8 Å². The monoisotopic (exact) mass is 320 g/mol. The minimum absolute atomic E-state index is 0.0483. The van der Waals surface area contributed by atoms with Crippen molar-refractivity contribution in [1.29, 1.82) is 0 Å². The van der Waals surface area contributed by atoms with Crippen LogP contribution in [0.25, 0.3) is 0 Å². The van der Waals surface area contributed by atoms with Crippen molar-refractivity contribution in [2.75, 3.05) is 0 Å². The normalized spacial score (nSPS) is 11.7. The van der Waals surface area contributed by atoms with Gasteiger partial charge in [-0.3, -0.25) is 14.9 Å². The number of nitrogens with two attached hydrogens (primary N) is 1. The van der Waals surface area contributed by atoms with E-state index in [1.54, 1.807) is 0 Å². The Bertz CT molecular complexity index is 733. The molecule has 1 atom stereocenters. The lowest BCUT2D eigenvalue weighted by Crippen LogP contribution is -2.15. The third-order valence-electron chi connectivity index (χ3n) is 3.04. The van der Waals surface area contributed by atoms with Gasteiger partial charge in [0.25, 0.3) is 0 Å². The lowest BCUT2D eigenvalue weighted by atomic mass is 10.0. The molecular formula is C15H13FN2O5. The van der Waals surface area contributed by atoms with Crippen molar-refractivity contribution in [3.05, 3.63) is 64.0 Å². The van der Waals surface area contributed by atoms with Crippen molar-refractivity contribution in [2.24, 2.45) is 5.73 Å². The van der Waals surface area contributed by atoms with Gasteiger partial charge in [0.05, 0.1) is 11.3 Å². The van der Waals surface area contributed by atoms with Gasteiger partial charge in [0.2, 0.25) is 5.75 Å². The van der Waals surface area contributed by atoms with Gasteiger partial charge in [0.1, 0.15) is 11.6 Å². The van der Waals surface area contributed by atoms with Gasteiger partial charge >= 0.3 is 11.7 Å². The third kappa shape index (κ3) is 4.24. The summed E-state index contributed by atoms with van der Waals surface area (Å²) in [7, 11) is 0. The topological polar surface area (TPSA) is 116 Å². The zero-order valence-electron chi connectivity index (χ0n) is 11.8. The van der Waals surface area contributed by atoms with E-state index in [-0.39, 0.29) is 23.6 Å². The van der Waals surface area contributed by atoms with Crippen molar-refractivity contribution in [1.82, 2.24) is 0 Å². The van der Waals surface area contributed by atoms with Crippen LogP contribution in [0.2, 0.25) is 0 Å². The molecular weight excluding hydrogens is 307 g/mol. The molecule has 0 saturated heterocycles. The Hall–Kier alpha value is -3.00. The quantitative estimate of drug-likeness (QED) is 0.624. The fraction of sp³-hybridized carbons (Fsp3) is 0.133. The maximum absolute atomic E-state index is 12.9. The zero-order chi connectivity index (χ0) is 17.0. The molecule has 0 aromatic heterocycles. The molecule has 2 rings (SSSR count). The van der Waals surface area contributed by atoms with Crippen molar-refractivity contribution < 1.29 is 24.0 Å². The van der Waals surface area contributed by atoms with E-state index in [4.69, 9.17) is 15.6 Å². The Labute approximate surface area is 130 Å². The van der Waals surface area contributed by atoms with Crippen LogP contribution in [0.5, 0.6) is 11.5 Å². The number of halogens is 1. The smallest absolute Gasteiger partial charge is 0.311 e. The molecule has 0 amide bonds. The molecule has 0 aliphatic heterocycles. The molecule has 0 saturated carbocycles. The fourth-order valence-corrected chi connectivity index (χ4v) is 1.93. The van der Waals surface area contributed by atoms with Gasteiger partial charge in [-0.1, -0.05) is 6.07 Å². The van der Waals surface area contributed by atoms with Gasteiger partial charge in [-0.05, 0) is 35.9 Å². The van der Waals surface area contributed by atoms with Crippen molar-refractivity contribution in [3.63, 3.8) is 0 Å². The molecule has 0 fully saturated rings. The fourth-order valence-electron chi connectivity index (χ4n) is 1.93. The van der Waals surface area contributed by atoms with Gasteiger partial charge in [0.15, 0.2) is 0 Å². The number of carboxylic acids is 1. The molecule has 120 valence electrons. The highest BCUT2D eigenvalue weighted by Crippen LogP contribution is 2.33. The number of nitrogens with zero attached hydrogens (tertiary/aromatic N) is 1. The Kier molecular flexibility index (Phi) is 4.87. The van der Waals surface area contributed by atoms with E-state index in [2.05, 4.69) is 0 Å². The average Bonchev–Trinajstić information content (AvgIpc) is 2.49. The summed E-state index contributed by atoms with van der Waals surface area (Å²) < 4.78 is 18.2. The average molecular weight is 320 g/mol. The van der Waals surface area contributed by atoms with Crippen LogP contribution in [0.15, 0.2) is 42.5 Å². The predicted molar refractivity (Wildman–Crippen MR) is 78.8 cm³/mol. The van der Waals surface area contributed by atoms with Gasteiger partial charge < -0.3 is 15.6 Å². The highest BCUT2D eigenvalue weighted by Gasteiger charge is 2.20. The molecule has 7 nitrogen and oxygen atoms in total. The summed E-state index contributed by atoms with van der Waals surface area (Å²) in [6.07, 6.45) is -0.352. The lowest BCUT2D eigenvalue weighted by Gasteiger charge is -2.11. The number of rotatable bonds is 6. The summed E-state index contributed by atoms with van der Waals surface area (Å²) in [4.78, 5) is 21.2. The first-order chi connectivity index (χ1) is 10.9. The number of hydrogen-bond donors (Lipinski definition) is 2. The Morgan fingerprint density at radius 3 is 2.52 bits per heavy atom. The molecule has 2 aromatic carbocycles. The molecule has 23 heavy (non-hydrogen) atoms. The molecule has 0 radical (unpaired) electrons. The minimum atomic E-state index is -1.10. The van der Waals surface area contributed by atoms with Gasteiger partial charge in [-0.2, -0.15) is 0 Å². The first-order valence-electron chi connectivity index (χ1n) is 6.56. The minimum Gasteiger partial charge on any atom is -0.481 e. The van der Waals surface area contributed by atoms with Gasteiger partial charge in [-0.25, -0.2) is 4.39 Å². The number of carboxylic acid groups (broad SMARTS) is 1. The number of nitro groups is 1. The molecule has 0 spiro atoms.